The Morgan fingerprint density at radius 1 is 0.972 bits per heavy atom. The maximum Gasteiger partial charge on any atom is 0.232 e. The molecule has 2 saturated heterocycles. The van der Waals surface area contributed by atoms with Crippen molar-refractivity contribution < 1.29 is 33.4 Å². The molecule has 5 amide bonds. The number of anilines is 1. The van der Waals surface area contributed by atoms with Crippen LogP contribution in [0, 0.1) is 5.92 Å². The van der Waals surface area contributed by atoms with Gasteiger partial charge >= 0.3 is 0 Å². The molecule has 1 aromatic carbocycles. The Labute approximate surface area is 217 Å². The number of aryl methyl sites for hydroxylation is 1. The second kappa shape index (κ2) is 15.4. The van der Waals surface area contributed by atoms with Gasteiger partial charge in [-0.3, -0.25) is 33.8 Å². The molecule has 2 aliphatic rings. The predicted molar refractivity (Wildman–Crippen MR) is 136 cm³/mol. The average Bonchev–Trinajstić information content (AvgIpc) is 3.11. The lowest BCUT2D eigenvalue weighted by Gasteiger charge is -2.28. The summed E-state index contributed by atoms with van der Waals surface area (Å²) < 4.78 is 10.8. The highest BCUT2D eigenvalue weighted by molar-refractivity contribution is 7.79. The smallest absolute Gasteiger partial charge is 0.232 e. The van der Waals surface area contributed by atoms with Gasteiger partial charge in [0, 0.05) is 37.4 Å². The van der Waals surface area contributed by atoms with Crippen LogP contribution in [0.25, 0.3) is 0 Å². The lowest BCUT2D eigenvalue weighted by Crippen LogP contribution is -2.47. The minimum atomic E-state index is -0.251. The molecule has 2 heterocycles. The van der Waals surface area contributed by atoms with E-state index in [1.165, 1.54) is 9.80 Å². The van der Waals surface area contributed by atoms with Crippen LogP contribution in [-0.2, 0) is 39.9 Å². The topological polar surface area (TPSA) is 122 Å². The van der Waals surface area contributed by atoms with Crippen LogP contribution in [0.5, 0.6) is 0 Å². The molecule has 0 spiro atoms. The fraction of sp³-hybridized carbons (Fsp3) is 0.560. The van der Waals surface area contributed by atoms with Gasteiger partial charge in [0.1, 0.15) is 0 Å². The van der Waals surface area contributed by atoms with Gasteiger partial charge in [-0.05, 0) is 30.4 Å². The molecule has 2 aliphatic heterocycles. The number of hydrogen-bond donors (Lipinski definition) is 2. The molecule has 0 aromatic heterocycles. The number of thiol groups is 1. The molecule has 2 fully saturated rings. The summed E-state index contributed by atoms with van der Waals surface area (Å²) in [7, 11) is 0. The second-order valence-electron chi connectivity index (χ2n) is 8.40. The normalized spacial score (nSPS) is 17.0. The van der Waals surface area contributed by atoms with E-state index in [1.807, 2.05) is 12.1 Å². The summed E-state index contributed by atoms with van der Waals surface area (Å²) in [4.78, 5) is 61.2. The Balaban J connectivity index is 0.00000222. The quantitative estimate of drug-likeness (QED) is 0.175. The van der Waals surface area contributed by atoms with E-state index >= 15 is 0 Å². The predicted octanol–water partition coefficient (Wildman–Crippen LogP) is 1.68. The minimum absolute atomic E-state index is 0.109. The summed E-state index contributed by atoms with van der Waals surface area (Å²) in [6.07, 6.45) is 3.41. The van der Waals surface area contributed by atoms with E-state index in [4.69, 9.17) is 9.47 Å². The summed E-state index contributed by atoms with van der Waals surface area (Å²) in [5, 5.41) is 2.79. The molecule has 1 unspecified atom stereocenters. The number of rotatable bonds is 13. The number of nitrogens with one attached hydrogen (secondary N) is 1. The summed E-state index contributed by atoms with van der Waals surface area (Å²) in [6.45, 7) is 3.62. The van der Waals surface area contributed by atoms with E-state index in [-0.39, 0.29) is 74.5 Å². The van der Waals surface area contributed by atoms with Crippen molar-refractivity contribution in [3.63, 3.8) is 0 Å². The van der Waals surface area contributed by atoms with Crippen LogP contribution in [0.3, 0.4) is 0 Å². The van der Waals surface area contributed by atoms with Crippen molar-refractivity contribution in [1.82, 2.24) is 9.80 Å². The SMILES string of the molecule is CC1CC(=O)N(CCOCCOCCC(=O)Nc2ccc(CCC(=O)N3CCC3=O)cc2)C1=O.CS. The van der Waals surface area contributed by atoms with Crippen molar-refractivity contribution in [1.29, 1.82) is 0 Å². The van der Waals surface area contributed by atoms with Gasteiger partial charge in [-0.15, -0.1) is 0 Å². The first-order valence-electron chi connectivity index (χ1n) is 12.0. The molecule has 0 aliphatic carbocycles. The number of likely N-dealkylation sites (tertiary alicyclic amines) is 2. The van der Waals surface area contributed by atoms with Crippen LogP contribution in [0.2, 0.25) is 0 Å². The zero-order valence-corrected chi connectivity index (χ0v) is 21.8. The Morgan fingerprint density at radius 2 is 1.64 bits per heavy atom. The third kappa shape index (κ3) is 9.03. The summed E-state index contributed by atoms with van der Waals surface area (Å²) >= 11 is 3.53. The second-order valence-corrected chi connectivity index (χ2v) is 8.40. The molecule has 3 rings (SSSR count). The number of amides is 5. The van der Waals surface area contributed by atoms with Crippen molar-refractivity contribution in [3.05, 3.63) is 29.8 Å². The monoisotopic (exact) mass is 521 g/mol. The first-order valence-corrected chi connectivity index (χ1v) is 12.9. The number of ether oxygens (including phenoxy) is 2. The lowest BCUT2D eigenvalue weighted by molar-refractivity contribution is -0.152. The Bertz CT molecular complexity index is 923. The van der Waals surface area contributed by atoms with E-state index in [9.17, 15) is 24.0 Å². The molecule has 11 heteroatoms. The number of hydrogen-bond acceptors (Lipinski definition) is 8. The van der Waals surface area contributed by atoms with Crippen LogP contribution in [0.4, 0.5) is 5.69 Å². The fourth-order valence-corrected chi connectivity index (χ4v) is 3.67. The first-order chi connectivity index (χ1) is 17.3. The summed E-state index contributed by atoms with van der Waals surface area (Å²) in [5.74, 6) is -1.00. The molecule has 0 radical (unpaired) electrons. The van der Waals surface area contributed by atoms with Gasteiger partial charge in [0.05, 0.1) is 39.4 Å². The van der Waals surface area contributed by atoms with Gasteiger partial charge < -0.3 is 14.8 Å². The van der Waals surface area contributed by atoms with Crippen molar-refractivity contribution in [2.45, 2.75) is 39.0 Å². The van der Waals surface area contributed by atoms with Crippen LogP contribution in [0.15, 0.2) is 24.3 Å². The maximum atomic E-state index is 12.1. The Hall–Kier alpha value is -2.76. The van der Waals surface area contributed by atoms with Gasteiger partial charge in [0.15, 0.2) is 0 Å². The van der Waals surface area contributed by atoms with Crippen LogP contribution < -0.4 is 5.32 Å². The van der Waals surface area contributed by atoms with Crippen LogP contribution >= 0.6 is 12.6 Å². The van der Waals surface area contributed by atoms with Gasteiger partial charge in [-0.25, -0.2) is 0 Å². The highest BCUT2D eigenvalue weighted by Crippen LogP contribution is 2.18. The number of β-lactam (4-membered cyclic amide) rings is 1. The number of nitrogens with zero attached hydrogens (tertiary/aromatic N) is 2. The molecule has 0 bridgehead atoms. The van der Waals surface area contributed by atoms with Crippen LogP contribution in [0.1, 0.15) is 38.2 Å². The average molecular weight is 522 g/mol. The Morgan fingerprint density at radius 3 is 2.19 bits per heavy atom. The van der Waals surface area contributed by atoms with E-state index in [1.54, 1.807) is 25.3 Å². The highest BCUT2D eigenvalue weighted by atomic mass is 32.1. The Kier molecular flexibility index (Phi) is 12.6. The molecule has 198 valence electrons. The van der Waals surface area contributed by atoms with E-state index in [2.05, 4.69) is 17.9 Å². The fourth-order valence-electron chi connectivity index (χ4n) is 3.67. The van der Waals surface area contributed by atoms with Crippen molar-refractivity contribution in [2.75, 3.05) is 51.1 Å². The van der Waals surface area contributed by atoms with E-state index < -0.39 is 0 Å². The standard InChI is InChI=1S/C24H31N3O7.CH4S/c1-17-16-23(31)27(24(17)32)11-13-34-15-14-33-12-9-20(28)25-19-5-2-18(3-6-19)4-7-21(29)26-10-8-22(26)30;1-2/h2-3,5-6,17H,4,7-16H2,1H3,(H,25,28);2H,1H3. The maximum absolute atomic E-state index is 12.1. The zero-order chi connectivity index (χ0) is 26.5. The zero-order valence-electron chi connectivity index (χ0n) is 20.9. The summed E-state index contributed by atoms with van der Waals surface area (Å²) in [5.41, 5.74) is 1.61. The van der Waals surface area contributed by atoms with E-state index in [0.717, 1.165) is 5.56 Å². The van der Waals surface area contributed by atoms with Crippen molar-refractivity contribution in [3.8, 4) is 0 Å². The molecular formula is C25H35N3O7S. The third-order valence-corrected chi connectivity index (χ3v) is 5.79. The largest absolute Gasteiger partial charge is 0.379 e. The molecular weight excluding hydrogens is 486 g/mol. The lowest BCUT2D eigenvalue weighted by atomic mass is 10.1. The number of carbonyl (C=O) groups excluding carboxylic acids is 5. The molecule has 1 atom stereocenters. The molecule has 36 heavy (non-hydrogen) atoms. The van der Waals surface area contributed by atoms with Crippen molar-refractivity contribution in [2.24, 2.45) is 5.92 Å². The van der Waals surface area contributed by atoms with Gasteiger partial charge in [0.2, 0.25) is 29.5 Å². The molecule has 10 nitrogen and oxygen atoms in total. The molecule has 1 aromatic rings. The number of imide groups is 2. The van der Waals surface area contributed by atoms with Gasteiger partial charge in [-0.2, -0.15) is 12.6 Å². The van der Waals surface area contributed by atoms with Gasteiger partial charge in [-0.1, -0.05) is 19.1 Å². The molecule has 0 saturated carbocycles. The van der Waals surface area contributed by atoms with Crippen LogP contribution in [-0.4, -0.2) is 85.1 Å². The number of carbonyl (C=O) groups is 5. The molecule has 1 N–H and O–H groups in total. The minimum Gasteiger partial charge on any atom is -0.379 e. The third-order valence-electron chi connectivity index (χ3n) is 5.79. The van der Waals surface area contributed by atoms with Crippen molar-refractivity contribution >= 4 is 47.9 Å². The number of benzene rings is 1. The first kappa shape index (κ1) is 29.5. The summed E-state index contributed by atoms with van der Waals surface area (Å²) in [6, 6.07) is 7.24. The van der Waals surface area contributed by atoms with E-state index in [0.29, 0.717) is 38.3 Å². The highest BCUT2D eigenvalue weighted by Gasteiger charge is 2.35. The van der Waals surface area contributed by atoms with Gasteiger partial charge in [0.25, 0.3) is 0 Å².